The van der Waals surface area contributed by atoms with Crippen molar-refractivity contribution in [3.8, 4) is 5.75 Å². The number of carbonyl (C=O) groups is 2. The number of anilines is 1. The molecule has 2 aliphatic carbocycles. The fourth-order valence-corrected chi connectivity index (χ4v) is 10.7. The van der Waals surface area contributed by atoms with Crippen LogP contribution in [0.1, 0.15) is 33.9 Å². The second-order valence-electron chi connectivity index (χ2n) is 11.7. The largest absolute Gasteiger partial charge is 0.489 e. The minimum atomic E-state index is -0.300. The van der Waals surface area contributed by atoms with Crippen LogP contribution in [0.5, 0.6) is 5.75 Å². The third-order valence-electron chi connectivity index (χ3n) is 9.50. The molecule has 4 aromatic rings. The van der Waals surface area contributed by atoms with Crippen LogP contribution in [0.15, 0.2) is 88.7 Å². The van der Waals surface area contributed by atoms with E-state index >= 15 is 0 Å². The summed E-state index contributed by atoms with van der Waals surface area (Å²) in [5.41, 5.74) is 4.12. The van der Waals surface area contributed by atoms with Crippen molar-refractivity contribution in [2.45, 2.75) is 36.1 Å². The lowest BCUT2D eigenvalue weighted by Crippen LogP contribution is -2.42. The number of nitrogens with zero attached hydrogens (tertiary/aromatic N) is 1. The summed E-state index contributed by atoms with van der Waals surface area (Å²) >= 11 is 3.00. The third kappa shape index (κ3) is 3.87. The molecule has 3 aromatic carbocycles. The van der Waals surface area contributed by atoms with Crippen LogP contribution in [-0.2, 0) is 16.2 Å². The van der Waals surface area contributed by atoms with Crippen molar-refractivity contribution < 1.29 is 14.3 Å². The summed E-state index contributed by atoms with van der Waals surface area (Å²) in [5.74, 6) is 0.470. The van der Waals surface area contributed by atoms with E-state index in [9.17, 15) is 14.4 Å². The topological polar surface area (TPSA) is 79.5 Å². The first-order valence-electron chi connectivity index (χ1n) is 14.1. The first kappa shape index (κ1) is 25.1. The van der Waals surface area contributed by atoms with E-state index < -0.39 is 0 Å². The highest BCUT2D eigenvalue weighted by molar-refractivity contribution is 8.00. The van der Waals surface area contributed by atoms with E-state index in [0.29, 0.717) is 12.3 Å². The quantitative estimate of drug-likeness (QED) is 0.293. The van der Waals surface area contributed by atoms with E-state index in [0.717, 1.165) is 33.2 Å². The first-order chi connectivity index (χ1) is 20.0. The molecule has 4 aliphatic rings. The molecule has 3 heterocycles. The predicted octanol–water partition coefficient (Wildman–Crippen LogP) is 6.00. The second kappa shape index (κ2) is 9.46. The second-order valence-corrected chi connectivity index (χ2v) is 13.9. The maximum Gasteiger partial charge on any atom is 0.305 e. The van der Waals surface area contributed by atoms with Crippen molar-refractivity contribution in [2.24, 2.45) is 29.6 Å². The average Bonchev–Trinajstić information content (AvgIpc) is 3.72. The van der Waals surface area contributed by atoms with Gasteiger partial charge in [-0.15, -0.1) is 11.8 Å². The summed E-state index contributed by atoms with van der Waals surface area (Å²) in [4.78, 5) is 45.6. The number of hydrogen-bond acceptors (Lipinski definition) is 6. The molecule has 2 aliphatic heterocycles. The number of thiazole rings is 1. The smallest absolute Gasteiger partial charge is 0.305 e. The molecular weight excluding hydrogens is 553 g/mol. The van der Waals surface area contributed by atoms with Crippen LogP contribution in [-0.4, -0.2) is 22.0 Å². The molecule has 3 fully saturated rings. The fourth-order valence-electron chi connectivity index (χ4n) is 7.84. The van der Waals surface area contributed by atoms with Gasteiger partial charge in [-0.05, 0) is 66.5 Å². The maximum atomic E-state index is 13.8. The highest BCUT2D eigenvalue weighted by Gasteiger charge is 2.69. The molecular formula is C33H28N2O4S2. The van der Waals surface area contributed by atoms with Gasteiger partial charge in [-0.2, -0.15) is 0 Å². The van der Waals surface area contributed by atoms with Crippen molar-refractivity contribution in [1.29, 1.82) is 0 Å². The van der Waals surface area contributed by atoms with Gasteiger partial charge in [0.2, 0.25) is 11.8 Å². The highest BCUT2D eigenvalue weighted by Crippen LogP contribution is 2.68. The molecule has 0 radical (unpaired) electrons. The summed E-state index contributed by atoms with van der Waals surface area (Å²) in [6.45, 7) is 2.56. The summed E-state index contributed by atoms with van der Waals surface area (Å²) in [7, 11) is 0. The molecule has 8 heteroatoms. The molecule has 2 bridgehead atoms. The summed E-state index contributed by atoms with van der Waals surface area (Å²) in [5, 5.41) is 1.10. The number of fused-ring (bicyclic) bond motifs is 9. The van der Waals surface area contributed by atoms with Gasteiger partial charge < -0.3 is 9.72 Å². The van der Waals surface area contributed by atoms with E-state index in [4.69, 9.17) is 4.74 Å². The SMILES string of the molecule is Cc1ccc(COc2ccc(C3c4sc(=O)[nH]c4SC4C3[C@H]3C[C@@H]4C4C(=O)N(c5ccccc5)C(=O)C43)cc2)cc1. The molecule has 41 heavy (non-hydrogen) atoms. The van der Waals surface area contributed by atoms with Crippen molar-refractivity contribution >= 4 is 40.6 Å². The molecule has 206 valence electrons. The molecule has 1 aromatic heterocycles. The Labute approximate surface area is 245 Å². The normalized spacial score (nSPS) is 29.4. The molecule has 5 unspecified atom stereocenters. The summed E-state index contributed by atoms with van der Waals surface area (Å²) in [6.07, 6.45) is 0.880. The molecule has 6 nitrogen and oxygen atoms in total. The Balaban J connectivity index is 1.12. The van der Waals surface area contributed by atoms with Crippen LogP contribution in [0.3, 0.4) is 0 Å². The first-order valence-corrected chi connectivity index (χ1v) is 15.8. The van der Waals surface area contributed by atoms with Crippen molar-refractivity contribution in [3.63, 3.8) is 0 Å². The van der Waals surface area contributed by atoms with Gasteiger partial charge in [-0.3, -0.25) is 19.3 Å². The van der Waals surface area contributed by atoms with Crippen LogP contribution in [0.2, 0.25) is 0 Å². The third-order valence-corrected chi connectivity index (χ3v) is 12.1. The molecule has 1 saturated heterocycles. The number of rotatable bonds is 5. The number of H-pyrrole nitrogens is 1. The number of benzene rings is 3. The lowest BCUT2D eigenvalue weighted by Gasteiger charge is -2.43. The zero-order valence-electron chi connectivity index (χ0n) is 22.4. The van der Waals surface area contributed by atoms with Gasteiger partial charge >= 0.3 is 4.87 Å². The van der Waals surface area contributed by atoms with Crippen molar-refractivity contribution in [1.82, 2.24) is 4.98 Å². The van der Waals surface area contributed by atoms with Crippen LogP contribution < -0.4 is 14.5 Å². The molecule has 1 N–H and O–H groups in total. The Morgan fingerprint density at radius 1 is 0.878 bits per heavy atom. The number of para-hydroxylation sites is 1. The number of aromatic amines is 1. The van der Waals surface area contributed by atoms with E-state index in [1.165, 1.54) is 21.8 Å². The monoisotopic (exact) mass is 580 g/mol. The minimum Gasteiger partial charge on any atom is -0.489 e. The van der Waals surface area contributed by atoms with Gasteiger partial charge in [-0.25, -0.2) is 0 Å². The number of carbonyl (C=O) groups excluding carboxylic acids is 2. The van der Waals surface area contributed by atoms with Gasteiger partial charge in [0.1, 0.15) is 12.4 Å². The van der Waals surface area contributed by atoms with Gasteiger partial charge in [0.05, 0.1) is 22.5 Å². The van der Waals surface area contributed by atoms with E-state index in [2.05, 4.69) is 48.3 Å². The van der Waals surface area contributed by atoms with Gasteiger partial charge in [0.15, 0.2) is 0 Å². The molecule has 7 atom stereocenters. The number of aromatic nitrogens is 1. The Kier molecular flexibility index (Phi) is 5.80. The number of amides is 2. The molecule has 2 saturated carbocycles. The molecule has 8 rings (SSSR count). The number of aryl methyl sites for hydroxylation is 1. The number of ether oxygens (including phenoxy) is 1. The van der Waals surface area contributed by atoms with Crippen molar-refractivity contribution in [3.05, 3.63) is 110 Å². The van der Waals surface area contributed by atoms with Gasteiger partial charge in [0.25, 0.3) is 0 Å². The number of hydrogen-bond donors (Lipinski definition) is 1. The lowest BCUT2D eigenvalue weighted by molar-refractivity contribution is -0.123. The Morgan fingerprint density at radius 3 is 2.32 bits per heavy atom. The summed E-state index contributed by atoms with van der Waals surface area (Å²) in [6, 6.07) is 25.9. The van der Waals surface area contributed by atoms with E-state index in [1.54, 1.807) is 11.8 Å². The zero-order valence-corrected chi connectivity index (χ0v) is 24.0. The van der Waals surface area contributed by atoms with Crippen LogP contribution in [0.25, 0.3) is 0 Å². The number of imide groups is 1. The maximum absolute atomic E-state index is 13.8. The molecule has 0 spiro atoms. The molecule has 2 amide bonds. The van der Waals surface area contributed by atoms with Gasteiger partial charge in [-0.1, -0.05) is 71.5 Å². The van der Waals surface area contributed by atoms with E-state index in [1.807, 2.05) is 42.5 Å². The Bertz CT molecular complexity index is 1710. The lowest BCUT2D eigenvalue weighted by atomic mass is 9.68. The number of thioether (sulfide) groups is 1. The van der Waals surface area contributed by atoms with Crippen LogP contribution in [0.4, 0.5) is 5.69 Å². The van der Waals surface area contributed by atoms with Crippen LogP contribution >= 0.6 is 23.1 Å². The Morgan fingerprint density at radius 2 is 1.59 bits per heavy atom. The van der Waals surface area contributed by atoms with E-state index in [-0.39, 0.29) is 57.4 Å². The standard InChI is InChI=1S/C33H28N2O4S2/c1-17-7-9-18(10-8-17)16-39-21-13-11-19(12-14-21)24-25-22-15-23(28(25)40-30-29(24)41-33(38)34-30)27-26(22)31(36)35(32(27)37)20-5-3-2-4-6-20/h2-14,22-28H,15-16H2,1H3,(H,34,38)/t22-,23-,24?,25?,26?,27?,28?/m1/s1. The predicted molar refractivity (Wildman–Crippen MR) is 159 cm³/mol. The number of nitrogens with one attached hydrogen (secondary N) is 1. The summed E-state index contributed by atoms with van der Waals surface area (Å²) < 4.78 is 6.07. The zero-order chi connectivity index (χ0) is 27.8. The average molecular weight is 581 g/mol. The fraction of sp³-hybridized carbons (Fsp3) is 0.303. The van der Waals surface area contributed by atoms with Crippen LogP contribution in [0, 0.1) is 36.5 Å². The minimum absolute atomic E-state index is 0.00373. The van der Waals surface area contributed by atoms with Crippen molar-refractivity contribution in [2.75, 3.05) is 4.90 Å². The van der Waals surface area contributed by atoms with Gasteiger partial charge in [0, 0.05) is 16.0 Å². The Hall–Kier alpha value is -3.62. The highest BCUT2D eigenvalue weighted by atomic mass is 32.2.